The molecule has 0 aliphatic carbocycles. The van der Waals surface area contributed by atoms with Crippen molar-refractivity contribution in [2.24, 2.45) is 11.8 Å². The third kappa shape index (κ3) is 14.5. The Bertz CT molecular complexity index is 1060. The number of halogens is 2. The molecule has 2 aromatic rings. The van der Waals surface area contributed by atoms with Crippen LogP contribution in [0.4, 0.5) is 0 Å². The average molecular weight is 656 g/mol. The molecule has 248 valence electrons. The van der Waals surface area contributed by atoms with Gasteiger partial charge in [-0.25, -0.2) is 0 Å². The van der Waals surface area contributed by atoms with Crippen molar-refractivity contribution >= 4 is 11.9 Å². The Hall–Kier alpha value is -2.52. The molecule has 4 rings (SSSR count). The number of quaternary nitrogens is 2. The van der Waals surface area contributed by atoms with Crippen LogP contribution < -0.4 is 34.6 Å². The van der Waals surface area contributed by atoms with Crippen LogP contribution in [0.15, 0.2) is 36.4 Å². The number of rotatable bonds is 12. The zero-order valence-corrected chi connectivity index (χ0v) is 28.3. The predicted molar refractivity (Wildman–Crippen MR) is 162 cm³/mol. The predicted octanol–water partition coefficient (Wildman–Crippen LogP) is -3.37. The van der Waals surface area contributed by atoms with E-state index in [1.54, 1.807) is 24.3 Å². The van der Waals surface area contributed by atoms with Gasteiger partial charge in [0.25, 0.3) is 0 Å². The van der Waals surface area contributed by atoms with Gasteiger partial charge in [-0.1, -0.05) is 39.8 Å². The molecule has 0 spiro atoms. The fraction of sp³-hybridized carbons (Fsp3) is 0.588. The average Bonchev–Trinajstić information content (AvgIpc) is 3.65. The quantitative estimate of drug-likeness (QED) is 0.178. The number of esters is 2. The Kier molecular flexibility index (Phi) is 18.4. The van der Waals surface area contributed by atoms with E-state index in [1.807, 2.05) is 39.8 Å². The highest BCUT2D eigenvalue weighted by Crippen LogP contribution is 2.20. The van der Waals surface area contributed by atoms with Crippen molar-refractivity contribution < 1.29 is 63.9 Å². The van der Waals surface area contributed by atoms with Gasteiger partial charge in [0, 0.05) is 36.8 Å². The topological polar surface area (TPSA) is 102 Å². The third-order valence-electron chi connectivity index (χ3n) is 7.64. The van der Waals surface area contributed by atoms with Gasteiger partial charge in [-0.15, -0.1) is 0 Å². The van der Waals surface area contributed by atoms with E-state index in [-0.39, 0.29) is 49.6 Å². The van der Waals surface area contributed by atoms with Crippen molar-refractivity contribution in [3.05, 3.63) is 58.7 Å². The minimum Gasteiger partial charge on any atom is -1.00 e. The van der Waals surface area contributed by atoms with Crippen molar-refractivity contribution in [2.45, 2.75) is 79.3 Å². The van der Waals surface area contributed by atoms with Crippen LogP contribution in [0, 0.1) is 11.8 Å². The monoisotopic (exact) mass is 654 g/mol. The molecule has 2 saturated heterocycles. The van der Waals surface area contributed by atoms with Crippen LogP contribution in [0.25, 0.3) is 0 Å². The molecular weight excluding hydrogens is 603 g/mol. The van der Waals surface area contributed by atoms with Gasteiger partial charge in [0.1, 0.15) is 24.6 Å². The Balaban J connectivity index is 0.000000421. The Morgan fingerprint density at radius 1 is 0.659 bits per heavy atom. The Morgan fingerprint density at radius 2 is 1.00 bits per heavy atom. The number of hydrogen-bond donors (Lipinski definition) is 4. The first kappa shape index (κ1) is 39.5. The molecule has 4 N–H and O–H groups in total. The van der Waals surface area contributed by atoms with Gasteiger partial charge >= 0.3 is 11.9 Å². The number of likely N-dealkylation sites (tertiary alicyclic amines) is 2. The molecule has 0 amide bonds. The van der Waals surface area contributed by atoms with E-state index in [1.165, 1.54) is 61.7 Å². The fourth-order valence-corrected chi connectivity index (χ4v) is 5.38. The van der Waals surface area contributed by atoms with E-state index in [4.69, 9.17) is 9.47 Å². The van der Waals surface area contributed by atoms with Gasteiger partial charge < -0.3 is 54.3 Å². The summed E-state index contributed by atoms with van der Waals surface area (Å²) >= 11 is 0. The number of phenols is 2. The molecule has 2 aliphatic rings. The van der Waals surface area contributed by atoms with Crippen molar-refractivity contribution in [1.29, 1.82) is 0 Å². The van der Waals surface area contributed by atoms with Gasteiger partial charge in [-0.2, -0.15) is 0 Å². The lowest BCUT2D eigenvalue weighted by atomic mass is 10.1. The number of benzene rings is 2. The normalized spacial score (nSPS) is 14.9. The first-order chi connectivity index (χ1) is 20.1. The smallest absolute Gasteiger partial charge is 0.310 e. The number of hydrogen-bond acceptors (Lipinski definition) is 6. The fourth-order valence-electron chi connectivity index (χ4n) is 5.38. The van der Waals surface area contributed by atoms with Crippen molar-refractivity contribution in [3.8, 4) is 11.5 Å². The molecule has 2 aromatic carbocycles. The molecule has 0 radical (unpaired) electrons. The molecule has 0 saturated carbocycles. The van der Waals surface area contributed by atoms with Gasteiger partial charge in [0.15, 0.2) is 0 Å². The minimum atomic E-state index is -0.200. The molecule has 2 aliphatic heterocycles. The van der Waals surface area contributed by atoms with Crippen LogP contribution in [0.1, 0.15) is 75.6 Å². The van der Waals surface area contributed by atoms with Crippen molar-refractivity contribution in [1.82, 2.24) is 0 Å². The first-order valence-corrected chi connectivity index (χ1v) is 15.7. The summed E-state index contributed by atoms with van der Waals surface area (Å²) in [5.74, 6) is 0.955. The van der Waals surface area contributed by atoms with Gasteiger partial charge in [-0.05, 0) is 47.2 Å². The van der Waals surface area contributed by atoms with Gasteiger partial charge in [-0.3, -0.25) is 9.59 Å². The summed E-state index contributed by atoms with van der Waals surface area (Å²) in [6.45, 7) is 15.3. The maximum absolute atomic E-state index is 11.8. The number of phenolic OH excluding ortho intramolecular Hbond substituents is 2. The van der Waals surface area contributed by atoms with Crippen LogP contribution in [0.5, 0.6) is 11.5 Å². The highest BCUT2D eigenvalue weighted by molar-refractivity contribution is 5.73. The van der Waals surface area contributed by atoms with Crippen LogP contribution in [0.2, 0.25) is 0 Å². The zero-order chi connectivity index (χ0) is 30.5. The lowest BCUT2D eigenvalue weighted by Gasteiger charge is -2.14. The third-order valence-corrected chi connectivity index (χ3v) is 7.64. The maximum Gasteiger partial charge on any atom is 0.310 e. The second-order valence-corrected chi connectivity index (χ2v) is 12.7. The van der Waals surface area contributed by atoms with E-state index in [0.29, 0.717) is 36.5 Å². The number of carbonyl (C=O) groups excluding carboxylic acids is 2. The first-order valence-electron chi connectivity index (χ1n) is 15.7. The van der Waals surface area contributed by atoms with Crippen LogP contribution >= 0.6 is 0 Å². The molecule has 0 aromatic heterocycles. The van der Waals surface area contributed by atoms with Crippen LogP contribution in [-0.2, 0) is 45.0 Å². The largest absolute Gasteiger partial charge is 1.00 e. The van der Waals surface area contributed by atoms with Crippen molar-refractivity contribution in [3.63, 3.8) is 0 Å². The van der Waals surface area contributed by atoms with E-state index in [2.05, 4.69) is 0 Å². The molecule has 10 heteroatoms. The summed E-state index contributed by atoms with van der Waals surface area (Å²) in [5.41, 5.74) is 3.69. The van der Waals surface area contributed by atoms with Gasteiger partial charge in [0.2, 0.25) is 0 Å². The standard InChI is InChI=1S/2C17H25NO3.2ClH/c2*1-13(2)12-21-17(20)10-14-5-6-16(19)15(9-14)11-18-7-3-4-8-18;;/h2*5-6,9,13,19H,3-4,7-8,10-12H2,1-2H3;2*1H. The van der Waals surface area contributed by atoms with Crippen molar-refractivity contribution in [2.75, 3.05) is 39.4 Å². The number of aromatic hydroxyl groups is 2. The summed E-state index contributed by atoms with van der Waals surface area (Å²) in [6, 6.07) is 10.9. The van der Waals surface area contributed by atoms with Gasteiger partial charge in [0.05, 0.1) is 52.2 Å². The van der Waals surface area contributed by atoms with Crippen LogP contribution in [0.3, 0.4) is 0 Å². The molecule has 2 fully saturated rings. The molecule has 8 nitrogen and oxygen atoms in total. The summed E-state index contributed by atoms with van der Waals surface area (Å²) in [4.78, 5) is 26.5. The molecular formula is C34H52Cl2N2O6. The number of nitrogens with one attached hydrogen (secondary N) is 2. The SMILES string of the molecule is CC(C)COC(=O)Cc1ccc(O)c(C[NH+]2CCCC2)c1.CC(C)COC(=O)Cc1ccc(O)c(C[NH+]2CCCC2)c1.[Cl-].[Cl-]. The lowest BCUT2D eigenvalue weighted by molar-refractivity contribution is -0.901. The number of carbonyl (C=O) groups is 2. The van der Waals surface area contributed by atoms with E-state index in [9.17, 15) is 19.8 Å². The molecule has 0 unspecified atom stereocenters. The van der Waals surface area contributed by atoms with E-state index < -0.39 is 0 Å². The zero-order valence-electron chi connectivity index (χ0n) is 26.8. The summed E-state index contributed by atoms with van der Waals surface area (Å²) < 4.78 is 10.4. The molecule has 0 bridgehead atoms. The second kappa shape index (κ2) is 20.5. The number of ether oxygens (including phenoxy) is 2. The summed E-state index contributed by atoms with van der Waals surface area (Å²) in [6.07, 6.45) is 5.59. The van der Waals surface area contributed by atoms with E-state index in [0.717, 1.165) is 35.3 Å². The van der Waals surface area contributed by atoms with E-state index >= 15 is 0 Å². The minimum absolute atomic E-state index is 0. The molecule has 0 atom stereocenters. The molecule has 2 heterocycles. The summed E-state index contributed by atoms with van der Waals surface area (Å²) in [7, 11) is 0. The second-order valence-electron chi connectivity index (χ2n) is 12.7. The Morgan fingerprint density at radius 3 is 1.32 bits per heavy atom. The highest BCUT2D eigenvalue weighted by atomic mass is 35.5. The highest BCUT2D eigenvalue weighted by Gasteiger charge is 2.19. The Labute approximate surface area is 275 Å². The van der Waals surface area contributed by atoms with Crippen LogP contribution in [-0.4, -0.2) is 61.5 Å². The lowest BCUT2D eigenvalue weighted by Crippen LogP contribution is -3.08. The summed E-state index contributed by atoms with van der Waals surface area (Å²) in [5, 5.41) is 20.0. The maximum atomic E-state index is 11.8. The molecule has 44 heavy (non-hydrogen) atoms.